The summed E-state index contributed by atoms with van der Waals surface area (Å²) in [6, 6.07) is -1.01. The summed E-state index contributed by atoms with van der Waals surface area (Å²) >= 11 is 0. The molecule has 0 radical (unpaired) electrons. The number of aliphatic hydroxyl groups is 4. The smallest absolute Gasteiger partial charge is 0.249 e. The van der Waals surface area contributed by atoms with Crippen LogP contribution < -0.4 is 5.32 Å². The van der Waals surface area contributed by atoms with E-state index in [0.717, 1.165) is 51.4 Å². The van der Waals surface area contributed by atoms with Crippen LogP contribution in [0.4, 0.5) is 0 Å². The van der Waals surface area contributed by atoms with Crippen LogP contribution in [0.25, 0.3) is 0 Å². The number of carbonyl (C=O) groups is 1. The molecule has 0 aliphatic heterocycles. The number of nitrogens with one attached hydrogen (secondary N) is 1. The molecule has 0 saturated carbocycles. The molecular weight excluding hydrogens is 731 g/mol. The van der Waals surface area contributed by atoms with E-state index in [0.29, 0.717) is 19.3 Å². The first-order valence-electron chi connectivity index (χ1n) is 25.9. The van der Waals surface area contributed by atoms with E-state index in [9.17, 15) is 25.2 Å². The molecule has 0 heterocycles. The van der Waals surface area contributed by atoms with Crippen molar-refractivity contribution in [3.05, 3.63) is 36.5 Å². The van der Waals surface area contributed by atoms with Gasteiger partial charge in [-0.25, -0.2) is 0 Å². The number of hydrogen-bond donors (Lipinski definition) is 5. The lowest BCUT2D eigenvalue weighted by Gasteiger charge is -2.27. The van der Waals surface area contributed by atoms with Gasteiger partial charge in [-0.1, -0.05) is 237 Å². The molecule has 0 saturated heterocycles. The summed E-state index contributed by atoms with van der Waals surface area (Å²) in [6.07, 6.45) is 57.7. The van der Waals surface area contributed by atoms with E-state index in [2.05, 4.69) is 55.6 Å². The van der Waals surface area contributed by atoms with Crippen molar-refractivity contribution in [2.75, 3.05) is 6.61 Å². The highest BCUT2D eigenvalue weighted by molar-refractivity contribution is 5.80. The molecule has 5 N–H and O–H groups in total. The Kier molecular flexibility index (Phi) is 46.4. The van der Waals surface area contributed by atoms with Gasteiger partial charge in [0.1, 0.15) is 12.2 Å². The Hall–Kier alpha value is -1.47. The molecular formula is C53H101NO5. The first-order valence-corrected chi connectivity index (χ1v) is 25.9. The van der Waals surface area contributed by atoms with Crippen molar-refractivity contribution in [2.45, 2.75) is 289 Å². The first-order chi connectivity index (χ1) is 29.0. The Balaban J connectivity index is 3.69. The lowest BCUT2D eigenvalue weighted by atomic mass is 10.00. The first kappa shape index (κ1) is 57.5. The molecule has 0 aromatic carbocycles. The van der Waals surface area contributed by atoms with E-state index in [1.807, 2.05) is 0 Å². The van der Waals surface area contributed by atoms with Gasteiger partial charge < -0.3 is 25.7 Å². The van der Waals surface area contributed by atoms with Crippen LogP contribution in [0.3, 0.4) is 0 Å². The number of aliphatic hydroxyl groups excluding tert-OH is 4. The van der Waals surface area contributed by atoms with Crippen molar-refractivity contribution in [2.24, 2.45) is 0 Å². The summed E-state index contributed by atoms with van der Waals surface area (Å²) in [5.41, 5.74) is 0. The van der Waals surface area contributed by atoms with E-state index < -0.39 is 36.9 Å². The highest BCUT2D eigenvalue weighted by Gasteiger charge is 2.28. The summed E-state index contributed by atoms with van der Waals surface area (Å²) < 4.78 is 0. The van der Waals surface area contributed by atoms with Crippen molar-refractivity contribution in [3.63, 3.8) is 0 Å². The third-order valence-electron chi connectivity index (χ3n) is 12.1. The standard InChI is InChI=1S/C53H101NO5/c1-3-5-7-9-11-13-15-17-19-21-23-24-25-26-27-28-29-31-33-35-37-39-41-43-45-47-51(57)53(59)54-49(48-55)52(58)50(56)46-44-42-40-38-36-34-32-30-22-20-18-16-14-12-10-8-6-4-2/h16,18,30,32,38,40,49-52,55-58H,3-15,17,19-29,31,33-37,39,41-48H2,1-2H3,(H,54,59)/b18-16+,32-30+,40-38+. The fourth-order valence-corrected chi connectivity index (χ4v) is 7.97. The minimum Gasteiger partial charge on any atom is -0.394 e. The predicted octanol–water partition coefficient (Wildman–Crippen LogP) is 14.5. The second kappa shape index (κ2) is 47.6. The molecule has 4 atom stereocenters. The topological polar surface area (TPSA) is 110 Å². The summed E-state index contributed by atoms with van der Waals surface area (Å²) in [5.74, 6) is -0.596. The highest BCUT2D eigenvalue weighted by Crippen LogP contribution is 2.17. The van der Waals surface area contributed by atoms with Gasteiger partial charge in [-0.2, -0.15) is 0 Å². The molecule has 0 aromatic rings. The van der Waals surface area contributed by atoms with Crippen LogP contribution in [0.1, 0.15) is 264 Å². The van der Waals surface area contributed by atoms with E-state index in [1.165, 1.54) is 180 Å². The van der Waals surface area contributed by atoms with Gasteiger partial charge in [0, 0.05) is 0 Å². The largest absolute Gasteiger partial charge is 0.394 e. The summed E-state index contributed by atoms with van der Waals surface area (Å²) in [4.78, 5) is 12.6. The zero-order valence-electron chi connectivity index (χ0n) is 39.3. The van der Waals surface area contributed by atoms with Crippen LogP contribution in [0, 0.1) is 0 Å². The molecule has 0 aliphatic rings. The Morgan fingerprint density at radius 2 is 0.712 bits per heavy atom. The molecule has 4 unspecified atom stereocenters. The van der Waals surface area contributed by atoms with Crippen LogP contribution >= 0.6 is 0 Å². The van der Waals surface area contributed by atoms with Crippen molar-refractivity contribution in [3.8, 4) is 0 Å². The predicted molar refractivity (Wildman–Crippen MR) is 256 cm³/mol. The molecule has 0 fully saturated rings. The SMILES string of the molecule is CCCCCCC/C=C/CC/C=C/CC/C=C/CCCC(O)C(O)C(CO)NC(=O)C(O)CCCCCCCCCCCCCCCCCCCCCCCCCCC. The minimum absolute atomic E-state index is 0.362. The van der Waals surface area contributed by atoms with Crippen LogP contribution in [0.5, 0.6) is 0 Å². The second-order valence-electron chi connectivity index (χ2n) is 17.8. The summed E-state index contributed by atoms with van der Waals surface area (Å²) in [7, 11) is 0. The number of hydrogen-bond acceptors (Lipinski definition) is 5. The van der Waals surface area contributed by atoms with Gasteiger partial charge in [0.2, 0.25) is 5.91 Å². The van der Waals surface area contributed by atoms with E-state index in [-0.39, 0.29) is 0 Å². The van der Waals surface area contributed by atoms with Gasteiger partial charge in [0.25, 0.3) is 0 Å². The van der Waals surface area contributed by atoms with Gasteiger partial charge in [-0.05, 0) is 64.2 Å². The van der Waals surface area contributed by atoms with E-state index in [4.69, 9.17) is 0 Å². The average Bonchev–Trinajstić information content (AvgIpc) is 3.24. The average molecular weight is 832 g/mol. The number of amides is 1. The monoisotopic (exact) mass is 832 g/mol. The molecule has 6 nitrogen and oxygen atoms in total. The maximum atomic E-state index is 12.6. The van der Waals surface area contributed by atoms with Gasteiger partial charge in [-0.3, -0.25) is 4.79 Å². The van der Waals surface area contributed by atoms with Crippen LogP contribution in [-0.4, -0.2) is 57.3 Å². The van der Waals surface area contributed by atoms with E-state index in [1.54, 1.807) is 0 Å². The number of allylic oxidation sites excluding steroid dienone is 6. The Morgan fingerprint density at radius 1 is 0.407 bits per heavy atom. The quantitative estimate of drug-likeness (QED) is 0.0310. The molecule has 6 heteroatoms. The maximum Gasteiger partial charge on any atom is 0.249 e. The maximum absolute atomic E-state index is 12.6. The Morgan fingerprint density at radius 3 is 1.07 bits per heavy atom. The Bertz CT molecular complexity index is 935. The lowest BCUT2D eigenvalue weighted by molar-refractivity contribution is -0.132. The minimum atomic E-state index is -1.29. The zero-order chi connectivity index (χ0) is 43.1. The molecule has 1 amide bonds. The normalized spacial score (nSPS) is 14.2. The molecule has 0 spiro atoms. The van der Waals surface area contributed by atoms with Crippen molar-refractivity contribution in [1.82, 2.24) is 5.32 Å². The molecule has 348 valence electrons. The van der Waals surface area contributed by atoms with Gasteiger partial charge >= 0.3 is 0 Å². The van der Waals surface area contributed by atoms with Crippen LogP contribution in [0.2, 0.25) is 0 Å². The summed E-state index contributed by atoms with van der Waals surface area (Å²) in [6.45, 7) is 4.04. The van der Waals surface area contributed by atoms with E-state index >= 15 is 0 Å². The number of rotatable bonds is 47. The molecule has 0 bridgehead atoms. The third-order valence-corrected chi connectivity index (χ3v) is 12.1. The fourth-order valence-electron chi connectivity index (χ4n) is 7.97. The molecule has 0 aromatic heterocycles. The Labute approximate surface area is 367 Å². The summed E-state index contributed by atoms with van der Waals surface area (Å²) in [5, 5.41) is 43.8. The van der Waals surface area contributed by atoms with Crippen molar-refractivity contribution < 1.29 is 25.2 Å². The molecule has 0 aliphatic carbocycles. The molecule has 0 rings (SSSR count). The number of carbonyl (C=O) groups excluding carboxylic acids is 1. The zero-order valence-corrected chi connectivity index (χ0v) is 39.3. The van der Waals surface area contributed by atoms with Crippen LogP contribution in [-0.2, 0) is 4.79 Å². The second-order valence-corrected chi connectivity index (χ2v) is 17.8. The third kappa shape index (κ3) is 41.6. The fraction of sp³-hybridized carbons (Fsp3) is 0.868. The lowest BCUT2D eigenvalue weighted by Crippen LogP contribution is -2.53. The van der Waals surface area contributed by atoms with Gasteiger partial charge in [0.15, 0.2) is 0 Å². The van der Waals surface area contributed by atoms with Crippen molar-refractivity contribution >= 4 is 5.91 Å². The highest BCUT2D eigenvalue weighted by atomic mass is 16.3. The number of unbranched alkanes of at least 4 members (excludes halogenated alkanes) is 32. The van der Waals surface area contributed by atoms with Gasteiger partial charge in [-0.15, -0.1) is 0 Å². The van der Waals surface area contributed by atoms with Crippen LogP contribution in [0.15, 0.2) is 36.5 Å². The molecule has 59 heavy (non-hydrogen) atoms. The van der Waals surface area contributed by atoms with Gasteiger partial charge in [0.05, 0.1) is 18.8 Å². The van der Waals surface area contributed by atoms with Crippen molar-refractivity contribution in [1.29, 1.82) is 0 Å².